The van der Waals surface area contributed by atoms with Crippen LogP contribution in [0.2, 0.25) is 0 Å². The Kier molecular flexibility index (Phi) is 3.78. The normalized spacial score (nSPS) is 14.7. The quantitative estimate of drug-likeness (QED) is 0.316. The molecular formula is C20H13F4OS+. The lowest BCUT2D eigenvalue weighted by atomic mass is 10.1. The zero-order valence-corrected chi connectivity index (χ0v) is 14.1. The fourth-order valence-corrected chi connectivity index (χ4v) is 5.46. The van der Waals surface area contributed by atoms with E-state index in [0.717, 1.165) is 37.2 Å². The van der Waals surface area contributed by atoms with Crippen LogP contribution in [-0.4, -0.2) is 11.3 Å². The van der Waals surface area contributed by atoms with E-state index in [2.05, 4.69) is 0 Å². The van der Waals surface area contributed by atoms with Crippen LogP contribution in [0.3, 0.4) is 0 Å². The number of fused-ring (bicyclic) bond motifs is 3. The minimum Gasteiger partial charge on any atom is -0.351 e. The van der Waals surface area contributed by atoms with Crippen LogP contribution >= 0.6 is 10.5 Å². The summed E-state index contributed by atoms with van der Waals surface area (Å²) in [5.74, 6) is -4.36. The lowest BCUT2D eigenvalue weighted by Gasteiger charge is -2.21. The summed E-state index contributed by atoms with van der Waals surface area (Å²) >= 11 is 0. The highest BCUT2D eigenvalue weighted by atomic mass is 32.2. The Morgan fingerprint density at radius 1 is 0.654 bits per heavy atom. The van der Waals surface area contributed by atoms with E-state index < -0.39 is 28.1 Å². The number of thiophene rings is 1. The average molecular weight is 377 g/mol. The fraction of sp³-hybridized carbons (Fsp3) is 0.100. The Balaban J connectivity index is 1.91. The van der Waals surface area contributed by atoms with Crippen molar-refractivity contribution in [2.45, 2.75) is 12.0 Å². The van der Waals surface area contributed by atoms with E-state index in [-0.39, 0.29) is 0 Å². The van der Waals surface area contributed by atoms with E-state index in [1.54, 1.807) is 0 Å². The zero-order valence-electron chi connectivity index (χ0n) is 13.3. The van der Waals surface area contributed by atoms with Crippen molar-refractivity contribution < 1.29 is 22.7 Å². The molecule has 1 N–H and O–H groups in total. The lowest BCUT2D eigenvalue weighted by molar-refractivity contribution is -0.323. The van der Waals surface area contributed by atoms with Gasteiger partial charge in [-0.1, -0.05) is 24.3 Å². The molecule has 3 aromatic carbocycles. The third-order valence-corrected chi connectivity index (χ3v) is 6.69. The van der Waals surface area contributed by atoms with Gasteiger partial charge in [0.05, 0.1) is 0 Å². The number of halogens is 4. The van der Waals surface area contributed by atoms with Gasteiger partial charge in [0, 0.05) is 26.8 Å². The highest BCUT2D eigenvalue weighted by molar-refractivity contribution is 7.50. The van der Waals surface area contributed by atoms with Crippen LogP contribution in [0.5, 0.6) is 0 Å². The number of hydrogen-bond donors (Lipinski definition) is 1. The van der Waals surface area contributed by atoms with Gasteiger partial charge >= 0.3 is 12.0 Å². The second kappa shape index (κ2) is 5.79. The first kappa shape index (κ1) is 17.0. The molecule has 0 amide bonds. The SMILES string of the molecule is OC(F)(c1ccc(-[s+]2c3ccccc3c3ccccc32)cc1)C(F)(F)F. The summed E-state index contributed by atoms with van der Waals surface area (Å²) in [6.45, 7) is 0. The van der Waals surface area contributed by atoms with E-state index in [9.17, 15) is 22.7 Å². The first-order chi connectivity index (χ1) is 12.3. The minimum absolute atomic E-state index is 0.482. The molecule has 1 atom stereocenters. The molecule has 0 saturated carbocycles. The predicted molar refractivity (Wildman–Crippen MR) is 96.3 cm³/mol. The maximum absolute atomic E-state index is 13.7. The summed E-state index contributed by atoms with van der Waals surface area (Å²) in [7, 11) is -0.482. The minimum atomic E-state index is -5.39. The van der Waals surface area contributed by atoms with E-state index >= 15 is 0 Å². The van der Waals surface area contributed by atoms with Crippen LogP contribution in [0.4, 0.5) is 17.6 Å². The molecule has 6 heteroatoms. The molecule has 0 aliphatic heterocycles. The van der Waals surface area contributed by atoms with Gasteiger partial charge in [-0.05, 0) is 48.5 Å². The molecule has 1 heterocycles. The molecule has 0 aliphatic rings. The standard InChI is InChI=1S/C20H13F4OS/c21-19(25,20(22,23)24)13-9-11-14(12-10-13)26-17-7-3-1-5-15(17)16-6-2-4-8-18(16)26/h1-12,25H/q+1. The molecular weight excluding hydrogens is 364 g/mol. The van der Waals surface area contributed by atoms with Gasteiger partial charge < -0.3 is 5.11 Å². The smallest absolute Gasteiger partial charge is 0.351 e. The molecule has 1 unspecified atom stereocenters. The molecule has 4 rings (SSSR count). The van der Waals surface area contributed by atoms with E-state index in [1.165, 1.54) is 12.1 Å². The van der Waals surface area contributed by atoms with E-state index in [4.69, 9.17) is 0 Å². The predicted octanol–water partition coefficient (Wildman–Crippen LogP) is 6.41. The Morgan fingerprint density at radius 2 is 1.12 bits per heavy atom. The van der Waals surface area contributed by atoms with Crippen LogP contribution < -0.4 is 0 Å². The van der Waals surface area contributed by atoms with Crippen LogP contribution in [-0.2, 0) is 5.85 Å². The monoisotopic (exact) mass is 377 g/mol. The summed E-state index contributed by atoms with van der Waals surface area (Å²) in [6, 6.07) is 20.6. The lowest BCUT2D eigenvalue weighted by Crippen LogP contribution is -2.37. The second-order valence-electron chi connectivity index (χ2n) is 5.94. The van der Waals surface area contributed by atoms with E-state index in [1.807, 2.05) is 48.5 Å². The van der Waals surface area contributed by atoms with E-state index in [0.29, 0.717) is 0 Å². The van der Waals surface area contributed by atoms with Gasteiger partial charge in [0.2, 0.25) is 0 Å². The maximum atomic E-state index is 13.7. The first-order valence-corrected chi connectivity index (χ1v) is 9.04. The Morgan fingerprint density at radius 3 is 1.58 bits per heavy atom. The molecule has 0 radical (unpaired) electrons. The molecule has 1 aromatic heterocycles. The van der Waals surface area contributed by atoms with Gasteiger partial charge in [0.25, 0.3) is 0 Å². The summed E-state index contributed by atoms with van der Waals surface area (Å²) in [5, 5.41) is 11.4. The molecule has 1 nitrogen and oxygen atoms in total. The van der Waals surface area contributed by atoms with Crippen molar-refractivity contribution in [1.29, 1.82) is 0 Å². The van der Waals surface area contributed by atoms with Crippen molar-refractivity contribution >= 4 is 30.6 Å². The van der Waals surface area contributed by atoms with Crippen LogP contribution in [0.1, 0.15) is 5.56 Å². The molecule has 132 valence electrons. The third-order valence-electron chi connectivity index (χ3n) is 4.35. The molecule has 0 spiro atoms. The fourth-order valence-electron chi connectivity index (χ4n) is 3.08. The molecule has 0 saturated heterocycles. The van der Waals surface area contributed by atoms with Gasteiger partial charge in [-0.3, -0.25) is 0 Å². The number of alkyl halides is 4. The highest BCUT2D eigenvalue weighted by Crippen LogP contribution is 2.49. The van der Waals surface area contributed by atoms with Crippen molar-refractivity contribution in [1.82, 2.24) is 0 Å². The van der Waals surface area contributed by atoms with Crippen molar-refractivity contribution in [3.63, 3.8) is 0 Å². The number of hydrogen-bond acceptors (Lipinski definition) is 1. The van der Waals surface area contributed by atoms with Crippen molar-refractivity contribution in [2.75, 3.05) is 0 Å². The van der Waals surface area contributed by atoms with Gasteiger partial charge in [-0.15, -0.1) is 0 Å². The number of aliphatic hydroxyl groups is 1. The van der Waals surface area contributed by atoms with Gasteiger partial charge in [0.15, 0.2) is 14.3 Å². The van der Waals surface area contributed by atoms with Crippen molar-refractivity contribution in [3.05, 3.63) is 78.4 Å². The van der Waals surface area contributed by atoms with Crippen LogP contribution in [0, 0.1) is 0 Å². The van der Waals surface area contributed by atoms with Gasteiger partial charge in [0.1, 0.15) is 0 Å². The van der Waals surface area contributed by atoms with Crippen molar-refractivity contribution in [2.24, 2.45) is 0 Å². The summed E-state index contributed by atoms with van der Waals surface area (Å²) in [6.07, 6.45) is -5.39. The molecule has 0 aliphatic carbocycles. The molecule has 4 aromatic rings. The van der Waals surface area contributed by atoms with Gasteiger partial charge in [-0.25, -0.2) is 0 Å². The zero-order chi connectivity index (χ0) is 18.5. The topological polar surface area (TPSA) is 20.2 Å². The summed E-state index contributed by atoms with van der Waals surface area (Å²) < 4.78 is 54.0. The molecule has 26 heavy (non-hydrogen) atoms. The van der Waals surface area contributed by atoms with Crippen molar-refractivity contribution in [3.8, 4) is 4.90 Å². The number of rotatable bonds is 2. The Bertz CT molecular complexity index is 1040. The van der Waals surface area contributed by atoms with Gasteiger partial charge in [-0.2, -0.15) is 17.6 Å². The Hall–Kier alpha value is -2.44. The number of benzene rings is 3. The Labute approximate surface area is 149 Å². The molecule has 0 bridgehead atoms. The largest absolute Gasteiger partial charge is 0.453 e. The third kappa shape index (κ3) is 2.48. The summed E-state index contributed by atoms with van der Waals surface area (Å²) in [5.41, 5.74) is -0.821. The molecule has 0 fully saturated rings. The maximum Gasteiger partial charge on any atom is 0.453 e. The summed E-state index contributed by atoms with van der Waals surface area (Å²) in [4.78, 5) is 0.768. The average Bonchev–Trinajstić information content (AvgIpc) is 2.95. The second-order valence-corrected chi connectivity index (χ2v) is 7.91. The first-order valence-electron chi connectivity index (χ1n) is 7.82. The highest BCUT2D eigenvalue weighted by Gasteiger charge is 2.56. The van der Waals surface area contributed by atoms with Crippen LogP contribution in [0.25, 0.3) is 25.1 Å². The van der Waals surface area contributed by atoms with Crippen LogP contribution in [0.15, 0.2) is 72.8 Å².